The van der Waals surface area contributed by atoms with E-state index in [4.69, 9.17) is 0 Å². The Kier molecular flexibility index (Phi) is 6.78. The van der Waals surface area contributed by atoms with Crippen LogP contribution in [-0.2, 0) is 9.09 Å². The van der Waals surface area contributed by atoms with Crippen molar-refractivity contribution in [1.82, 2.24) is 0 Å². The highest BCUT2D eigenvalue weighted by Crippen LogP contribution is 2.21. The number of rotatable bonds is 5. The Bertz CT molecular complexity index is 121. The van der Waals surface area contributed by atoms with E-state index >= 15 is 0 Å². The van der Waals surface area contributed by atoms with Gasteiger partial charge in [0, 0.05) is 0 Å². The maximum atomic E-state index is 10.6. The third kappa shape index (κ3) is 5.93. The Morgan fingerprint density at radius 3 is 2.80 bits per heavy atom. The van der Waals surface area contributed by atoms with Crippen molar-refractivity contribution in [1.29, 1.82) is 0 Å². The molecule has 0 aliphatic heterocycles. The highest BCUT2D eigenvalue weighted by molar-refractivity contribution is 7.42. The monoisotopic (exact) mass is 161 g/mol. The minimum absolute atomic E-state index is 1.00. The van der Waals surface area contributed by atoms with E-state index < -0.39 is 8.03 Å². The molecule has 10 heavy (non-hydrogen) atoms. The van der Waals surface area contributed by atoms with E-state index in [1.165, 1.54) is 13.5 Å². The van der Waals surface area contributed by atoms with Crippen molar-refractivity contribution in [2.75, 3.05) is 7.11 Å². The van der Waals surface area contributed by atoms with Gasteiger partial charge in [0.05, 0.1) is 7.11 Å². The van der Waals surface area contributed by atoms with Crippen LogP contribution in [0.25, 0.3) is 0 Å². The van der Waals surface area contributed by atoms with Gasteiger partial charge in [0.1, 0.15) is 0 Å². The van der Waals surface area contributed by atoms with Gasteiger partial charge in [-0.05, 0) is 23.5 Å². The van der Waals surface area contributed by atoms with E-state index in [-0.39, 0.29) is 0 Å². The lowest BCUT2D eigenvalue weighted by molar-refractivity contribution is 0.422. The number of hydrogen-bond acceptors (Lipinski definition) is 2. The molecule has 0 heterocycles. The zero-order valence-electron chi connectivity index (χ0n) is 6.54. The first-order valence-corrected chi connectivity index (χ1v) is 4.73. The topological polar surface area (TPSA) is 26.3 Å². The molecule has 0 aliphatic carbocycles. The fourth-order valence-electron chi connectivity index (χ4n) is 0.543. The summed E-state index contributed by atoms with van der Waals surface area (Å²) in [5.74, 6) is 1.62. The van der Waals surface area contributed by atoms with Crippen LogP contribution in [0.1, 0.15) is 26.2 Å². The zero-order valence-corrected chi connectivity index (χ0v) is 7.43. The van der Waals surface area contributed by atoms with Gasteiger partial charge >= 0.3 is 8.03 Å². The first-order chi connectivity index (χ1) is 4.81. The Morgan fingerprint density at radius 1 is 1.60 bits per heavy atom. The van der Waals surface area contributed by atoms with Gasteiger partial charge < -0.3 is 0 Å². The lowest BCUT2D eigenvalue weighted by Gasteiger charge is -1.82. The standard InChI is InChI=1S/C7H14O2P/c1-3-4-5-6-7-10(8)9-2/h6-7H,3-5H2,1-2H3/q+1. The molecule has 0 fully saturated rings. The van der Waals surface area contributed by atoms with Crippen LogP contribution >= 0.6 is 8.03 Å². The average molecular weight is 161 g/mol. The molecule has 0 radical (unpaired) electrons. The Balaban J connectivity index is 3.27. The van der Waals surface area contributed by atoms with Crippen molar-refractivity contribution in [3.63, 3.8) is 0 Å². The molecule has 0 aromatic heterocycles. The van der Waals surface area contributed by atoms with Crippen LogP contribution in [-0.4, -0.2) is 7.11 Å². The molecule has 0 spiro atoms. The van der Waals surface area contributed by atoms with Crippen LogP contribution in [0.15, 0.2) is 11.9 Å². The van der Waals surface area contributed by atoms with E-state index in [9.17, 15) is 4.57 Å². The molecule has 0 amide bonds. The molecule has 2 nitrogen and oxygen atoms in total. The molecular formula is C7H14O2P+. The van der Waals surface area contributed by atoms with Crippen LogP contribution in [0.5, 0.6) is 0 Å². The van der Waals surface area contributed by atoms with Crippen molar-refractivity contribution >= 4 is 8.03 Å². The first kappa shape index (κ1) is 9.80. The van der Waals surface area contributed by atoms with E-state index in [2.05, 4.69) is 11.4 Å². The normalized spacial score (nSPS) is 12.4. The van der Waals surface area contributed by atoms with Crippen molar-refractivity contribution in [3.8, 4) is 0 Å². The van der Waals surface area contributed by atoms with E-state index in [0.717, 1.165) is 12.8 Å². The molecule has 0 saturated carbocycles. The highest BCUT2D eigenvalue weighted by atomic mass is 31.1. The fraction of sp³-hybridized carbons (Fsp3) is 0.714. The van der Waals surface area contributed by atoms with Crippen LogP contribution in [0.3, 0.4) is 0 Å². The lowest BCUT2D eigenvalue weighted by atomic mass is 10.2. The molecule has 0 saturated heterocycles. The van der Waals surface area contributed by atoms with Gasteiger partial charge in [0.2, 0.25) is 0 Å². The first-order valence-electron chi connectivity index (χ1n) is 3.48. The summed E-state index contributed by atoms with van der Waals surface area (Å²) in [5, 5.41) is 0. The summed E-state index contributed by atoms with van der Waals surface area (Å²) in [5.41, 5.74) is 0. The summed E-state index contributed by atoms with van der Waals surface area (Å²) >= 11 is 0. The van der Waals surface area contributed by atoms with Gasteiger partial charge in [-0.3, -0.25) is 0 Å². The third-order valence-electron chi connectivity index (χ3n) is 1.13. The van der Waals surface area contributed by atoms with E-state index in [1.54, 1.807) is 5.82 Å². The second kappa shape index (κ2) is 6.91. The molecule has 58 valence electrons. The summed E-state index contributed by atoms with van der Waals surface area (Å²) in [6.07, 6.45) is 5.24. The molecule has 1 unspecified atom stereocenters. The maximum Gasteiger partial charge on any atom is 0.540 e. The van der Waals surface area contributed by atoms with Gasteiger partial charge in [-0.1, -0.05) is 13.3 Å². The van der Waals surface area contributed by atoms with Crippen LogP contribution in [0.2, 0.25) is 0 Å². The van der Waals surface area contributed by atoms with Crippen molar-refractivity contribution in [2.24, 2.45) is 0 Å². The summed E-state index contributed by atoms with van der Waals surface area (Å²) < 4.78 is 15.2. The summed E-state index contributed by atoms with van der Waals surface area (Å²) in [6, 6.07) is 0. The highest BCUT2D eigenvalue weighted by Gasteiger charge is 2.05. The van der Waals surface area contributed by atoms with Gasteiger partial charge in [0.25, 0.3) is 0 Å². The molecule has 0 aromatic carbocycles. The molecule has 0 rings (SSSR count). The van der Waals surface area contributed by atoms with Crippen LogP contribution in [0, 0.1) is 0 Å². The molecular weight excluding hydrogens is 147 g/mol. The van der Waals surface area contributed by atoms with Crippen molar-refractivity contribution in [3.05, 3.63) is 11.9 Å². The second-order valence-corrected chi connectivity index (χ2v) is 3.23. The van der Waals surface area contributed by atoms with E-state index in [1.807, 2.05) is 6.08 Å². The SMILES string of the molecule is CCCCC=C[P+](=O)OC. The van der Waals surface area contributed by atoms with Crippen molar-refractivity contribution < 1.29 is 9.09 Å². The number of unbranched alkanes of at least 4 members (excludes halogenated alkanes) is 2. The average Bonchev–Trinajstić information content (AvgIpc) is 1.98. The summed E-state index contributed by atoms with van der Waals surface area (Å²) in [4.78, 5) is 0. The minimum atomic E-state index is -1.53. The van der Waals surface area contributed by atoms with Crippen LogP contribution in [0.4, 0.5) is 0 Å². The molecule has 0 aliphatic rings. The number of hydrogen-bond donors (Lipinski definition) is 0. The summed E-state index contributed by atoms with van der Waals surface area (Å²) in [6.45, 7) is 2.13. The third-order valence-corrected chi connectivity index (χ3v) is 1.95. The number of allylic oxidation sites excluding steroid dienone is 1. The quantitative estimate of drug-likeness (QED) is 0.457. The molecule has 0 N–H and O–H groups in total. The largest absolute Gasteiger partial charge is 0.540 e. The lowest BCUT2D eigenvalue weighted by Crippen LogP contribution is -1.66. The predicted octanol–water partition coefficient (Wildman–Crippen LogP) is 3.08. The predicted molar refractivity (Wildman–Crippen MR) is 43.3 cm³/mol. The fourth-order valence-corrected chi connectivity index (χ4v) is 0.986. The minimum Gasteiger partial charge on any atom is -0.146 e. The van der Waals surface area contributed by atoms with E-state index in [0.29, 0.717) is 0 Å². The Hall–Kier alpha value is -0.200. The van der Waals surface area contributed by atoms with Gasteiger partial charge in [-0.25, -0.2) is 0 Å². The Morgan fingerprint density at radius 2 is 2.30 bits per heavy atom. The van der Waals surface area contributed by atoms with Gasteiger partial charge in [0.15, 0.2) is 5.82 Å². The smallest absolute Gasteiger partial charge is 0.146 e. The zero-order chi connectivity index (χ0) is 7.82. The van der Waals surface area contributed by atoms with Gasteiger partial charge in [-0.2, -0.15) is 0 Å². The summed E-state index contributed by atoms with van der Waals surface area (Å²) in [7, 11) is -0.0782. The van der Waals surface area contributed by atoms with Crippen LogP contribution < -0.4 is 0 Å². The molecule has 0 bridgehead atoms. The molecule has 0 aromatic rings. The molecule has 1 atom stereocenters. The molecule has 3 heteroatoms. The van der Waals surface area contributed by atoms with Gasteiger partial charge in [-0.15, -0.1) is 4.52 Å². The second-order valence-electron chi connectivity index (χ2n) is 1.99. The maximum absolute atomic E-state index is 10.6. The van der Waals surface area contributed by atoms with Crippen molar-refractivity contribution in [2.45, 2.75) is 26.2 Å². The Labute approximate surface area is 63.1 Å².